The van der Waals surface area contributed by atoms with Crippen molar-refractivity contribution in [3.8, 4) is 6.07 Å². The molecule has 5 nitrogen and oxygen atoms in total. The Bertz CT molecular complexity index is 377. The Morgan fingerprint density at radius 2 is 1.70 bits per heavy atom. The predicted octanol–water partition coefficient (Wildman–Crippen LogP) is 2.47. The standard InChI is InChI=1S/C15H23NO4/c1-6-9-15(13(17)19-7-2,14(18)20-8-3)12(10-16)11(4)5/h6,11-12H,1,7-9H2,2-5H3. The zero-order valence-electron chi connectivity index (χ0n) is 12.6. The molecule has 0 aliphatic carbocycles. The van der Waals surface area contributed by atoms with Crippen molar-refractivity contribution < 1.29 is 19.1 Å². The van der Waals surface area contributed by atoms with Gasteiger partial charge in [0.2, 0.25) is 0 Å². The topological polar surface area (TPSA) is 76.4 Å². The Hall–Kier alpha value is -1.83. The van der Waals surface area contributed by atoms with E-state index in [2.05, 4.69) is 12.6 Å². The maximum atomic E-state index is 12.4. The molecule has 1 unspecified atom stereocenters. The van der Waals surface area contributed by atoms with Crippen LogP contribution in [-0.4, -0.2) is 25.2 Å². The molecule has 0 aliphatic heterocycles. The van der Waals surface area contributed by atoms with Gasteiger partial charge >= 0.3 is 11.9 Å². The van der Waals surface area contributed by atoms with Gasteiger partial charge < -0.3 is 9.47 Å². The van der Waals surface area contributed by atoms with Gasteiger partial charge in [-0.25, -0.2) is 0 Å². The highest BCUT2D eigenvalue weighted by Gasteiger charge is 2.55. The number of carbonyl (C=O) groups is 2. The Kier molecular flexibility index (Phi) is 7.60. The molecule has 0 radical (unpaired) electrons. The second-order valence-electron chi connectivity index (χ2n) is 4.76. The van der Waals surface area contributed by atoms with Crippen molar-refractivity contribution in [3.05, 3.63) is 12.7 Å². The lowest BCUT2D eigenvalue weighted by atomic mass is 9.68. The lowest BCUT2D eigenvalue weighted by molar-refractivity contribution is -0.176. The van der Waals surface area contributed by atoms with Gasteiger partial charge in [0.05, 0.1) is 25.2 Å². The van der Waals surface area contributed by atoms with Crippen LogP contribution in [0.1, 0.15) is 34.1 Å². The fraction of sp³-hybridized carbons (Fsp3) is 0.667. The smallest absolute Gasteiger partial charge is 0.325 e. The minimum absolute atomic E-state index is 0.0150. The summed E-state index contributed by atoms with van der Waals surface area (Å²) in [7, 11) is 0. The molecule has 0 heterocycles. The molecule has 0 spiro atoms. The van der Waals surface area contributed by atoms with Crippen LogP contribution < -0.4 is 0 Å². The Labute approximate surface area is 120 Å². The van der Waals surface area contributed by atoms with Gasteiger partial charge in [-0.3, -0.25) is 9.59 Å². The van der Waals surface area contributed by atoms with Gasteiger partial charge in [0.25, 0.3) is 0 Å². The highest BCUT2D eigenvalue weighted by molar-refractivity contribution is 6.01. The largest absolute Gasteiger partial charge is 0.465 e. The van der Waals surface area contributed by atoms with E-state index in [0.717, 1.165) is 0 Å². The number of hydrogen-bond donors (Lipinski definition) is 0. The Balaban J connectivity index is 5.91. The summed E-state index contributed by atoms with van der Waals surface area (Å²) in [4.78, 5) is 24.7. The summed E-state index contributed by atoms with van der Waals surface area (Å²) in [6.07, 6.45) is 1.46. The van der Waals surface area contributed by atoms with Crippen LogP contribution in [0, 0.1) is 28.6 Å². The molecule has 0 N–H and O–H groups in total. The van der Waals surface area contributed by atoms with Gasteiger partial charge in [-0.2, -0.15) is 5.26 Å². The number of hydrogen-bond acceptors (Lipinski definition) is 5. The first-order chi connectivity index (χ1) is 9.42. The summed E-state index contributed by atoms with van der Waals surface area (Å²) in [6.45, 7) is 10.7. The fourth-order valence-corrected chi connectivity index (χ4v) is 2.21. The van der Waals surface area contributed by atoms with Crippen LogP contribution >= 0.6 is 0 Å². The highest BCUT2D eigenvalue weighted by atomic mass is 16.6. The van der Waals surface area contributed by atoms with Crippen molar-refractivity contribution in [1.29, 1.82) is 5.26 Å². The van der Waals surface area contributed by atoms with E-state index in [1.54, 1.807) is 27.7 Å². The molecule has 0 aromatic carbocycles. The lowest BCUT2D eigenvalue weighted by Gasteiger charge is -2.33. The van der Waals surface area contributed by atoms with Crippen LogP contribution in [-0.2, 0) is 19.1 Å². The average Bonchev–Trinajstić information content (AvgIpc) is 2.38. The quantitative estimate of drug-likeness (QED) is 0.388. The van der Waals surface area contributed by atoms with Crippen molar-refractivity contribution in [2.45, 2.75) is 34.1 Å². The molecule has 1 atom stereocenters. The molecule has 0 amide bonds. The van der Waals surface area contributed by atoms with Crippen LogP contribution in [0.25, 0.3) is 0 Å². The molecular formula is C15H23NO4. The van der Waals surface area contributed by atoms with Crippen molar-refractivity contribution >= 4 is 11.9 Å². The summed E-state index contributed by atoms with van der Waals surface area (Å²) in [5.41, 5.74) is -1.64. The minimum atomic E-state index is -1.64. The molecule has 0 aromatic heterocycles. The molecule has 20 heavy (non-hydrogen) atoms. The number of nitriles is 1. The number of carbonyl (C=O) groups excluding carboxylic acids is 2. The van der Waals surface area contributed by atoms with E-state index in [9.17, 15) is 14.9 Å². The Morgan fingerprint density at radius 1 is 1.25 bits per heavy atom. The van der Waals surface area contributed by atoms with Gasteiger partial charge in [0, 0.05) is 0 Å². The van der Waals surface area contributed by atoms with Crippen LogP contribution in [0.2, 0.25) is 0 Å². The summed E-state index contributed by atoms with van der Waals surface area (Å²) in [6, 6.07) is 2.06. The number of esters is 2. The molecule has 0 saturated carbocycles. The zero-order valence-corrected chi connectivity index (χ0v) is 12.6. The van der Waals surface area contributed by atoms with Gasteiger partial charge in [-0.1, -0.05) is 19.9 Å². The molecule has 0 saturated heterocycles. The van der Waals surface area contributed by atoms with E-state index < -0.39 is 23.3 Å². The monoisotopic (exact) mass is 281 g/mol. The first-order valence-corrected chi connectivity index (χ1v) is 6.77. The van der Waals surface area contributed by atoms with E-state index in [4.69, 9.17) is 9.47 Å². The lowest BCUT2D eigenvalue weighted by Crippen LogP contribution is -2.49. The first-order valence-electron chi connectivity index (χ1n) is 6.77. The third-order valence-electron chi connectivity index (χ3n) is 3.08. The number of allylic oxidation sites excluding steroid dienone is 1. The average molecular weight is 281 g/mol. The normalized spacial score (nSPS) is 12.4. The third-order valence-corrected chi connectivity index (χ3v) is 3.08. The Morgan fingerprint density at radius 3 is 1.95 bits per heavy atom. The third kappa shape index (κ3) is 3.60. The number of rotatable bonds is 8. The van der Waals surface area contributed by atoms with Crippen LogP contribution in [0.3, 0.4) is 0 Å². The van der Waals surface area contributed by atoms with Gasteiger partial charge in [-0.15, -0.1) is 6.58 Å². The van der Waals surface area contributed by atoms with Crippen molar-refractivity contribution in [2.75, 3.05) is 13.2 Å². The summed E-state index contributed by atoms with van der Waals surface area (Å²) < 4.78 is 10.0. The van der Waals surface area contributed by atoms with Crippen molar-refractivity contribution in [1.82, 2.24) is 0 Å². The number of nitrogens with zero attached hydrogens (tertiary/aromatic N) is 1. The van der Waals surface area contributed by atoms with Crippen LogP contribution in [0.4, 0.5) is 0 Å². The summed E-state index contributed by atoms with van der Waals surface area (Å²) in [5, 5.41) is 9.39. The molecule has 0 aromatic rings. The van der Waals surface area contributed by atoms with Crippen LogP contribution in [0.15, 0.2) is 12.7 Å². The molecule has 0 fully saturated rings. The second kappa shape index (κ2) is 8.36. The molecule has 0 bridgehead atoms. The van der Waals surface area contributed by atoms with Gasteiger partial charge in [0.15, 0.2) is 5.41 Å². The molecule has 0 rings (SSSR count). The fourth-order valence-electron chi connectivity index (χ4n) is 2.21. The van der Waals surface area contributed by atoms with Crippen LogP contribution in [0.5, 0.6) is 0 Å². The van der Waals surface area contributed by atoms with E-state index in [-0.39, 0.29) is 25.6 Å². The van der Waals surface area contributed by atoms with E-state index in [1.807, 2.05) is 0 Å². The molecular weight excluding hydrogens is 258 g/mol. The van der Waals surface area contributed by atoms with Crippen molar-refractivity contribution in [2.24, 2.45) is 17.3 Å². The van der Waals surface area contributed by atoms with Crippen molar-refractivity contribution in [3.63, 3.8) is 0 Å². The van der Waals surface area contributed by atoms with E-state index >= 15 is 0 Å². The minimum Gasteiger partial charge on any atom is -0.465 e. The van der Waals surface area contributed by atoms with Gasteiger partial charge in [-0.05, 0) is 26.2 Å². The van der Waals surface area contributed by atoms with E-state index in [1.165, 1.54) is 6.08 Å². The zero-order chi connectivity index (χ0) is 15.8. The molecule has 0 aliphatic rings. The maximum absolute atomic E-state index is 12.4. The first kappa shape index (κ1) is 18.2. The summed E-state index contributed by atoms with van der Waals surface area (Å²) in [5.74, 6) is -2.48. The molecule has 5 heteroatoms. The maximum Gasteiger partial charge on any atom is 0.325 e. The molecule has 112 valence electrons. The predicted molar refractivity (Wildman–Crippen MR) is 74.5 cm³/mol. The number of ether oxygens (including phenoxy) is 2. The van der Waals surface area contributed by atoms with Gasteiger partial charge in [0.1, 0.15) is 0 Å². The highest BCUT2D eigenvalue weighted by Crippen LogP contribution is 2.39. The van der Waals surface area contributed by atoms with E-state index in [0.29, 0.717) is 0 Å². The summed E-state index contributed by atoms with van der Waals surface area (Å²) >= 11 is 0. The second-order valence-corrected chi connectivity index (χ2v) is 4.76. The SMILES string of the molecule is C=CCC(C(=O)OCC)(C(=O)OCC)C(C#N)C(C)C.